The van der Waals surface area contributed by atoms with Crippen LogP contribution in [0, 0.1) is 5.82 Å². The summed E-state index contributed by atoms with van der Waals surface area (Å²) in [6, 6.07) is 17.4. The maximum Gasteiger partial charge on any atom is 0.316 e. The van der Waals surface area contributed by atoms with Gasteiger partial charge in [-0.15, -0.1) is 0 Å². The van der Waals surface area contributed by atoms with Gasteiger partial charge in [0.1, 0.15) is 12.4 Å². The number of likely N-dealkylation sites (tertiary alicyclic amines) is 1. The largest absolute Gasteiger partial charge is 0.462 e. The summed E-state index contributed by atoms with van der Waals surface area (Å²) in [5, 5.41) is 3.67. The van der Waals surface area contributed by atoms with Gasteiger partial charge in [-0.05, 0) is 48.7 Å². The van der Waals surface area contributed by atoms with Crippen molar-refractivity contribution < 1.29 is 9.13 Å². The van der Waals surface area contributed by atoms with Crippen LogP contribution in [0.2, 0.25) is 0 Å². The SMILES string of the molecule is Fc1ccc(Cn2c(NC3CCN(CCOc4ncccn4)CC3)nc3ccccc32)cc1. The molecule has 170 valence electrons. The molecule has 1 aliphatic rings. The smallest absolute Gasteiger partial charge is 0.316 e. The normalized spacial score (nSPS) is 15.1. The highest BCUT2D eigenvalue weighted by atomic mass is 19.1. The molecule has 0 spiro atoms. The predicted molar refractivity (Wildman–Crippen MR) is 126 cm³/mol. The van der Waals surface area contributed by atoms with Crippen LogP contribution in [0.5, 0.6) is 6.01 Å². The third-order valence-electron chi connectivity index (χ3n) is 6.01. The molecule has 7 nitrogen and oxygen atoms in total. The second kappa shape index (κ2) is 9.95. The van der Waals surface area contributed by atoms with Crippen LogP contribution in [0.1, 0.15) is 18.4 Å². The Kier molecular flexibility index (Phi) is 6.44. The molecule has 33 heavy (non-hydrogen) atoms. The summed E-state index contributed by atoms with van der Waals surface area (Å²) in [5.41, 5.74) is 3.07. The number of para-hydroxylation sites is 2. The highest BCUT2D eigenvalue weighted by molar-refractivity contribution is 5.78. The molecule has 0 unspecified atom stereocenters. The van der Waals surface area contributed by atoms with Crippen LogP contribution in [0.15, 0.2) is 67.0 Å². The Morgan fingerprint density at radius 2 is 1.73 bits per heavy atom. The quantitative estimate of drug-likeness (QED) is 0.442. The fourth-order valence-corrected chi connectivity index (χ4v) is 4.23. The molecular weight excluding hydrogens is 419 g/mol. The molecule has 2 aromatic carbocycles. The van der Waals surface area contributed by atoms with Crippen molar-refractivity contribution in [3.05, 3.63) is 78.4 Å². The lowest BCUT2D eigenvalue weighted by Crippen LogP contribution is -2.41. The van der Waals surface area contributed by atoms with Gasteiger partial charge in [0, 0.05) is 38.1 Å². The number of halogens is 1. The predicted octanol–water partition coefficient (Wildman–Crippen LogP) is 3.97. The standard InChI is InChI=1S/C25H27FN6O/c26-20-8-6-19(7-9-20)18-32-23-5-2-1-4-22(23)30-24(32)29-21-10-14-31(15-11-21)16-17-33-25-27-12-3-13-28-25/h1-9,12-13,21H,10-11,14-18H2,(H,29,30). The third kappa shape index (κ3) is 5.28. The van der Waals surface area contributed by atoms with Gasteiger partial charge in [0.05, 0.1) is 17.6 Å². The summed E-state index contributed by atoms with van der Waals surface area (Å²) in [5.74, 6) is 0.643. The van der Waals surface area contributed by atoms with Crippen LogP contribution in [-0.4, -0.2) is 56.7 Å². The van der Waals surface area contributed by atoms with Crippen LogP contribution in [0.4, 0.5) is 10.3 Å². The number of nitrogens with one attached hydrogen (secondary N) is 1. The average Bonchev–Trinajstić information content (AvgIpc) is 3.19. The van der Waals surface area contributed by atoms with Gasteiger partial charge in [-0.2, -0.15) is 0 Å². The van der Waals surface area contributed by atoms with E-state index in [9.17, 15) is 4.39 Å². The van der Waals surface area contributed by atoms with Gasteiger partial charge in [0.25, 0.3) is 0 Å². The van der Waals surface area contributed by atoms with E-state index in [-0.39, 0.29) is 5.82 Å². The van der Waals surface area contributed by atoms with Gasteiger partial charge in [-0.1, -0.05) is 24.3 Å². The topological polar surface area (TPSA) is 68.1 Å². The second-order valence-corrected chi connectivity index (χ2v) is 8.28. The van der Waals surface area contributed by atoms with Crippen LogP contribution in [0.25, 0.3) is 11.0 Å². The molecule has 0 amide bonds. The Morgan fingerprint density at radius 3 is 2.52 bits per heavy atom. The molecule has 0 aliphatic carbocycles. The minimum absolute atomic E-state index is 0.221. The van der Waals surface area contributed by atoms with Gasteiger partial charge >= 0.3 is 6.01 Å². The molecule has 0 atom stereocenters. The van der Waals surface area contributed by atoms with Crippen molar-refractivity contribution >= 4 is 17.0 Å². The first kappa shape index (κ1) is 21.3. The Morgan fingerprint density at radius 1 is 0.970 bits per heavy atom. The molecule has 5 rings (SSSR count). The molecule has 0 saturated carbocycles. The number of rotatable bonds is 8. The van der Waals surface area contributed by atoms with Crippen LogP contribution >= 0.6 is 0 Å². The fourth-order valence-electron chi connectivity index (χ4n) is 4.23. The molecule has 0 bridgehead atoms. The number of hydrogen-bond donors (Lipinski definition) is 1. The zero-order chi connectivity index (χ0) is 22.5. The summed E-state index contributed by atoms with van der Waals surface area (Å²) >= 11 is 0. The first-order chi connectivity index (χ1) is 16.2. The number of piperidine rings is 1. The number of aromatic nitrogens is 4. The van der Waals surface area contributed by atoms with Crippen molar-refractivity contribution in [2.24, 2.45) is 0 Å². The zero-order valence-electron chi connectivity index (χ0n) is 18.4. The van der Waals surface area contributed by atoms with E-state index in [1.165, 1.54) is 12.1 Å². The molecule has 3 heterocycles. The molecule has 1 aliphatic heterocycles. The van der Waals surface area contributed by atoms with Crippen LogP contribution in [-0.2, 0) is 6.54 Å². The van der Waals surface area contributed by atoms with Crippen molar-refractivity contribution in [3.63, 3.8) is 0 Å². The van der Waals surface area contributed by atoms with Crippen LogP contribution in [0.3, 0.4) is 0 Å². The number of ether oxygens (including phenoxy) is 1. The Labute approximate surface area is 192 Å². The zero-order valence-corrected chi connectivity index (χ0v) is 18.4. The highest BCUT2D eigenvalue weighted by Gasteiger charge is 2.21. The van der Waals surface area contributed by atoms with Gasteiger partial charge in [0.2, 0.25) is 5.95 Å². The molecule has 1 saturated heterocycles. The number of fused-ring (bicyclic) bond motifs is 1. The lowest BCUT2D eigenvalue weighted by Gasteiger charge is -2.32. The Bertz CT molecular complexity index is 1170. The average molecular weight is 447 g/mol. The monoisotopic (exact) mass is 446 g/mol. The lowest BCUT2D eigenvalue weighted by atomic mass is 10.1. The van der Waals surface area contributed by atoms with Crippen molar-refractivity contribution in [2.75, 3.05) is 31.6 Å². The first-order valence-electron chi connectivity index (χ1n) is 11.3. The second-order valence-electron chi connectivity index (χ2n) is 8.28. The third-order valence-corrected chi connectivity index (χ3v) is 6.01. The summed E-state index contributed by atoms with van der Waals surface area (Å²) in [7, 11) is 0. The van der Waals surface area contributed by atoms with Crippen molar-refractivity contribution in [1.29, 1.82) is 0 Å². The summed E-state index contributed by atoms with van der Waals surface area (Å²) in [6.07, 6.45) is 5.43. The first-order valence-corrected chi connectivity index (χ1v) is 11.3. The Balaban J connectivity index is 1.20. The number of nitrogens with zero attached hydrogens (tertiary/aromatic N) is 5. The molecule has 1 fully saturated rings. The van der Waals surface area contributed by atoms with Gasteiger partial charge in [0.15, 0.2) is 0 Å². The van der Waals surface area contributed by atoms with E-state index in [2.05, 4.69) is 30.8 Å². The number of anilines is 1. The van der Waals surface area contributed by atoms with E-state index in [4.69, 9.17) is 9.72 Å². The van der Waals surface area contributed by atoms with Gasteiger partial charge in [-0.3, -0.25) is 4.90 Å². The highest BCUT2D eigenvalue weighted by Crippen LogP contribution is 2.24. The summed E-state index contributed by atoms with van der Waals surface area (Å²) < 4.78 is 21.2. The molecule has 2 aromatic heterocycles. The Hall–Kier alpha value is -3.52. The molecular formula is C25H27FN6O. The van der Waals surface area contributed by atoms with Crippen LogP contribution < -0.4 is 10.1 Å². The molecule has 8 heteroatoms. The summed E-state index contributed by atoms with van der Waals surface area (Å²) in [6.45, 7) is 4.06. The van der Waals surface area contributed by atoms with Crippen molar-refractivity contribution in [3.8, 4) is 6.01 Å². The fraction of sp³-hybridized carbons (Fsp3) is 0.320. The maximum atomic E-state index is 13.4. The number of hydrogen-bond acceptors (Lipinski definition) is 6. The van der Waals surface area contributed by atoms with E-state index in [1.807, 2.05) is 30.3 Å². The van der Waals surface area contributed by atoms with E-state index < -0.39 is 0 Å². The van der Waals surface area contributed by atoms with E-state index >= 15 is 0 Å². The minimum Gasteiger partial charge on any atom is -0.462 e. The molecule has 1 N–H and O–H groups in total. The van der Waals surface area contributed by atoms with Crippen molar-refractivity contribution in [2.45, 2.75) is 25.4 Å². The van der Waals surface area contributed by atoms with E-state index in [0.717, 1.165) is 55.0 Å². The van der Waals surface area contributed by atoms with Crippen molar-refractivity contribution in [1.82, 2.24) is 24.4 Å². The van der Waals surface area contributed by atoms with Gasteiger partial charge in [-0.25, -0.2) is 19.3 Å². The molecule has 0 radical (unpaired) electrons. The number of imidazole rings is 1. The van der Waals surface area contributed by atoms with Gasteiger partial charge < -0.3 is 14.6 Å². The van der Waals surface area contributed by atoms with E-state index in [1.54, 1.807) is 18.5 Å². The lowest BCUT2D eigenvalue weighted by molar-refractivity contribution is 0.172. The maximum absolute atomic E-state index is 13.4. The summed E-state index contributed by atoms with van der Waals surface area (Å²) in [4.78, 5) is 15.4. The minimum atomic E-state index is -0.221. The number of benzene rings is 2. The molecule has 4 aromatic rings. The van der Waals surface area contributed by atoms with E-state index in [0.29, 0.717) is 25.2 Å².